The molecule has 0 aromatic heterocycles. The Morgan fingerprint density at radius 3 is 2.48 bits per heavy atom. The van der Waals surface area contributed by atoms with Crippen molar-refractivity contribution in [1.29, 1.82) is 0 Å². The van der Waals surface area contributed by atoms with Crippen LogP contribution in [0.2, 0.25) is 0 Å². The summed E-state index contributed by atoms with van der Waals surface area (Å²) in [6.07, 6.45) is 0.971. The monoisotopic (exact) mass is 288 g/mol. The third-order valence-corrected chi connectivity index (χ3v) is 4.23. The van der Waals surface area contributed by atoms with E-state index in [0.29, 0.717) is 0 Å². The third-order valence-electron chi connectivity index (χ3n) is 4.23. The number of carbonyl (C=O) groups is 1. The average Bonchev–Trinajstić information content (AvgIpc) is 2.36. The molecule has 0 N–H and O–H groups in total. The Kier molecular flexibility index (Phi) is 4.43. The lowest BCUT2D eigenvalue weighted by molar-refractivity contribution is -0.129. The van der Waals surface area contributed by atoms with Crippen LogP contribution in [0.4, 0.5) is 0 Å². The summed E-state index contributed by atoms with van der Waals surface area (Å²) < 4.78 is 0. The molecule has 1 aliphatic rings. The van der Waals surface area contributed by atoms with E-state index in [4.69, 9.17) is 0 Å². The van der Waals surface area contributed by atoms with Crippen LogP contribution >= 0.6 is 0 Å². The molecule has 1 aromatic carbocycles. The van der Waals surface area contributed by atoms with Gasteiger partial charge in [-0.25, -0.2) is 0 Å². The highest BCUT2D eigenvalue weighted by Crippen LogP contribution is 2.31. The molecule has 0 bridgehead atoms. The van der Waals surface area contributed by atoms with Gasteiger partial charge in [0, 0.05) is 26.6 Å². The van der Waals surface area contributed by atoms with Crippen molar-refractivity contribution in [2.45, 2.75) is 52.6 Å². The smallest absolute Gasteiger partial charge is 0.219 e. The average molecular weight is 288 g/mol. The van der Waals surface area contributed by atoms with Gasteiger partial charge in [-0.05, 0) is 48.2 Å². The van der Waals surface area contributed by atoms with Gasteiger partial charge >= 0.3 is 0 Å². The quantitative estimate of drug-likeness (QED) is 0.835. The highest BCUT2D eigenvalue weighted by atomic mass is 16.2. The molecular formula is C18H28N2O. The van der Waals surface area contributed by atoms with Crippen molar-refractivity contribution in [3.63, 3.8) is 0 Å². The van der Waals surface area contributed by atoms with E-state index in [2.05, 4.69) is 51.9 Å². The summed E-state index contributed by atoms with van der Waals surface area (Å²) in [5.41, 5.74) is 5.71. The Balaban J connectivity index is 2.47. The third kappa shape index (κ3) is 3.65. The van der Waals surface area contributed by atoms with E-state index in [1.807, 2.05) is 4.90 Å². The van der Waals surface area contributed by atoms with Crippen LogP contribution in [0.25, 0.3) is 0 Å². The summed E-state index contributed by atoms with van der Waals surface area (Å²) in [7, 11) is 4.20. The molecule has 1 heterocycles. The molecule has 0 spiro atoms. The van der Waals surface area contributed by atoms with E-state index in [1.54, 1.807) is 6.92 Å². The maximum Gasteiger partial charge on any atom is 0.219 e. The first-order valence-electron chi connectivity index (χ1n) is 7.74. The van der Waals surface area contributed by atoms with Crippen LogP contribution in [-0.4, -0.2) is 36.3 Å². The maximum atomic E-state index is 11.7. The summed E-state index contributed by atoms with van der Waals surface area (Å²) in [6, 6.07) is 4.69. The van der Waals surface area contributed by atoms with Crippen LogP contribution in [-0.2, 0) is 29.7 Å². The molecule has 2 rings (SSSR count). The minimum Gasteiger partial charge on any atom is -0.338 e. The zero-order valence-electron chi connectivity index (χ0n) is 14.3. The molecule has 3 heteroatoms. The molecule has 0 atom stereocenters. The molecule has 1 amide bonds. The zero-order chi connectivity index (χ0) is 15.8. The lowest BCUT2D eigenvalue weighted by Gasteiger charge is -2.32. The fourth-order valence-electron chi connectivity index (χ4n) is 2.93. The Morgan fingerprint density at radius 2 is 1.95 bits per heavy atom. The summed E-state index contributed by atoms with van der Waals surface area (Å²) in [5.74, 6) is 0.177. The van der Waals surface area contributed by atoms with E-state index in [9.17, 15) is 4.79 Å². The molecule has 0 unspecified atom stereocenters. The van der Waals surface area contributed by atoms with Gasteiger partial charge in [-0.1, -0.05) is 32.9 Å². The van der Waals surface area contributed by atoms with Crippen LogP contribution in [0.1, 0.15) is 49.9 Å². The molecule has 21 heavy (non-hydrogen) atoms. The van der Waals surface area contributed by atoms with Gasteiger partial charge in [0.05, 0.1) is 0 Å². The fourth-order valence-corrected chi connectivity index (χ4v) is 2.93. The number of amides is 1. The molecular weight excluding hydrogens is 260 g/mol. The van der Waals surface area contributed by atoms with Crippen molar-refractivity contribution >= 4 is 5.91 Å². The minimum atomic E-state index is 0.161. The van der Waals surface area contributed by atoms with Crippen LogP contribution in [0.3, 0.4) is 0 Å². The van der Waals surface area contributed by atoms with Crippen LogP contribution in [0.15, 0.2) is 12.1 Å². The van der Waals surface area contributed by atoms with Gasteiger partial charge in [-0.15, -0.1) is 0 Å². The Morgan fingerprint density at radius 1 is 1.29 bits per heavy atom. The van der Waals surface area contributed by atoms with Crippen molar-refractivity contribution in [1.82, 2.24) is 9.80 Å². The van der Waals surface area contributed by atoms with Crippen LogP contribution in [0, 0.1) is 0 Å². The van der Waals surface area contributed by atoms with E-state index in [0.717, 1.165) is 26.1 Å². The van der Waals surface area contributed by atoms with E-state index >= 15 is 0 Å². The molecule has 0 aliphatic carbocycles. The van der Waals surface area contributed by atoms with Gasteiger partial charge in [-0.3, -0.25) is 4.79 Å². The molecule has 1 aliphatic heterocycles. The van der Waals surface area contributed by atoms with Crippen molar-refractivity contribution in [3.05, 3.63) is 34.4 Å². The second-order valence-corrected chi connectivity index (χ2v) is 7.45. The highest BCUT2D eigenvalue weighted by Gasteiger charge is 2.24. The Hall–Kier alpha value is -1.35. The van der Waals surface area contributed by atoms with Gasteiger partial charge < -0.3 is 9.80 Å². The van der Waals surface area contributed by atoms with Crippen LogP contribution in [0.5, 0.6) is 0 Å². The second kappa shape index (κ2) is 5.80. The first kappa shape index (κ1) is 16.0. The van der Waals surface area contributed by atoms with Gasteiger partial charge in [0.15, 0.2) is 0 Å². The number of hydrogen-bond donors (Lipinski definition) is 0. The number of fused-ring (bicyclic) bond motifs is 1. The van der Waals surface area contributed by atoms with Crippen molar-refractivity contribution in [2.24, 2.45) is 0 Å². The SMILES string of the molecule is CC(=O)N1CCc2cc(C(C)(C)C)cc(CN(C)C)c2C1. The van der Waals surface area contributed by atoms with Gasteiger partial charge in [0.2, 0.25) is 5.91 Å². The lowest BCUT2D eigenvalue weighted by atomic mass is 9.82. The molecule has 1 aromatic rings. The Bertz CT molecular complexity index is 541. The number of carbonyl (C=O) groups excluding carboxylic acids is 1. The predicted molar refractivity (Wildman–Crippen MR) is 87.3 cm³/mol. The fraction of sp³-hybridized carbons (Fsp3) is 0.611. The summed E-state index contributed by atoms with van der Waals surface area (Å²) >= 11 is 0. The topological polar surface area (TPSA) is 23.6 Å². The molecule has 116 valence electrons. The molecule has 0 saturated heterocycles. The summed E-state index contributed by atoms with van der Waals surface area (Å²) in [6.45, 7) is 11.0. The number of rotatable bonds is 2. The van der Waals surface area contributed by atoms with Gasteiger partial charge in [0.25, 0.3) is 0 Å². The molecule has 0 fully saturated rings. The number of hydrogen-bond acceptors (Lipinski definition) is 2. The lowest BCUT2D eigenvalue weighted by Crippen LogP contribution is -2.35. The normalized spacial score (nSPS) is 15.3. The van der Waals surface area contributed by atoms with Crippen molar-refractivity contribution in [3.8, 4) is 0 Å². The van der Waals surface area contributed by atoms with E-state index in [1.165, 1.54) is 22.3 Å². The standard InChI is InChI=1S/C18H28N2O/c1-13(21)20-8-7-14-9-16(18(2,3)4)10-15(11-19(5)6)17(14)12-20/h9-10H,7-8,11-12H2,1-6H3. The summed E-state index contributed by atoms with van der Waals surface area (Å²) in [4.78, 5) is 15.8. The van der Waals surface area contributed by atoms with E-state index in [-0.39, 0.29) is 11.3 Å². The molecule has 0 saturated carbocycles. The Labute approximate surface area is 128 Å². The maximum absolute atomic E-state index is 11.7. The van der Waals surface area contributed by atoms with Crippen molar-refractivity contribution in [2.75, 3.05) is 20.6 Å². The molecule has 0 radical (unpaired) electrons. The second-order valence-electron chi connectivity index (χ2n) is 7.45. The summed E-state index contributed by atoms with van der Waals surface area (Å²) in [5, 5.41) is 0. The predicted octanol–water partition coefficient (Wildman–Crippen LogP) is 2.95. The first-order valence-corrected chi connectivity index (χ1v) is 7.74. The zero-order valence-corrected chi connectivity index (χ0v) is 14.3. The van der Waals surface area contributed by atoms with Gasteiger partial charge in [-0.2, -0.15) is 0 Å². The molecule has 3 nitrogen and oxygen atoms in total. The number of nitrogens with zero attached hydrogens (tertiary/aromatic N) is 2. The van der Waals surface area contributed by atoms with Gasteiger partial charge in [0.1, 0.15) is 0 Å². The largest absolute Gasteiger partial charge is 0.338 e. The van der Waals surface area contributed by atoms with Crippen molar-refractivity contribution < 1.29 is 4.79 Å². The number of benzene rings is 1. The van der Waals surface area contributed by atoms with E-state index < -0.39 is 0 Å². The van der Waals surface area contributed by atoms with Crippen LogP contribution < -0.4 is 0 Å². The minimum absolute atomic E-state index is 0.161. The highest BCUT2D eigenvalue weighted by molar-refractivity contribution is 5.73. The first-order chi connectivity index (χ1) is 9.68.